The molecule has 2 heterocycles. The fraction of sp³-hybridized carbons (Fsp3) is 0.600. The zero-order valence-corrected chi connectivity index (χ0v) is 11.6. The van der Waals surface area contributed by atoms with Gasteiger partial charge in [-0.2, -0.15) is 0 Å². The fourth-order valence-corrected chi connectivity index (χ4v) is 3.70. The van der Waals surface area contributed by atoms with Gasteiger partial charge in [0.15, 0.2) is 0 Å². The zero-order chi connectivity index (χ0) is 14.2. The summed E-state index contributed by atoms with van der Waals surface area (Å²) in [7, 11) is 0. The van der Waals surface area contributed by atoms with E-state index in [1.54, 1.807) is 6.20 Å². The molecule has 1 saturated carbocycles. The smallest absolute Gasteiger partial charge is 0.339 e. The van der Waals surface area contributed by atoms with Crippen LogP contribution < -0.4 is 10.6 Å². The van der Waals surface area contributed by atoms with Crippen molar-refractivity contribution in [3.8, 4) is 0 Å². The molecule has 1 aromatic heterocycles. The number of aromatic carboxylic acids is 1. The van der Waals surface area contributed by atoms with Gasteiger partial charge in [-0.1, -0.05) is 12.8 Å². The van der Waals surface area contributed by atoms with Crippen molar-refractivity contribution < 1.29 is 9.90 Å². The third-order valence-corrected chi connectivity index (χ3v) is 4.91. The number of anilines is 2. The van der Waals surface area contributed by atoms with Crippen LogP contribution in [0.2, 0.25) is 0 Å². The van der Waals surface area contributed by atoms with Gasteiger partial charge >= 0.3 is 5.97 Å². The minimum absolute atomic E-state index is 0.215. The molecule has 5 heteroatoms. The maximum Gasteiger partial charge on any atom is 0.339 e. The van der Waals surface area contributed by atoms with Gasteiger partial charge in [0, 0.05) is 13.1 Å². The molecule has 1 aliphatic carbocycles. The van der Waals surface area contributed by atoms with E-state index >= 15 is 0 Å². The van der Waals surface area contributed by atoms with E-state index in [9.17, 15) is 9.90 Å². The summed E-state index contributed by atoms with van der Waals surface area (Å²) in [5, 5.41) is 9.30. The van der Waals surface area contributed by atoms with E-state index in [0.29, 0.717) is 16.9 Å². The number of rotatable bonds is 2. The number of hydrogen-bond donors (Lipinski definition) is 2. The number of carboxylic acids is 1. The van der Waals surface area contributed by atoms with E-state index in [1.807, 2.05) is 0 Å². The van der Waals surface area contributed by atoms with Crippen molar-refractivity contribution >= 4 is 17.5 Å². The number of nitrogens with two attached hydrogens (primary N) is 1. The van der Waals surface area contributed by atoms with Crippen LogP contribution in [-0.2, 0) is 0 Å². The molecule has 3 rings (SSSR count). The standard InChI is InChI=1S/C15H21N3O2/c16-11-9-12(14(19)20)13(17-10-11)18-7-5-15(6-8-18)3-1-2-4-15/h9-10H,1-8,16H2,(H,19,20). The summed E-state index contributed by atoms with van der Waals surface area (Å²) in [5.41, 5.74) is 6.78. The van der Waals surface area contributed by atoms with Crippen molar-refractivity contribution in [1.82, 2.24) is 4.98 Å². The van der Waals surface area contributed by atoms with Gasteiger partial charge in [-0.3, -0.25) is 0 Å². The lowest BCUT2D eigenvalue weighted by Gasteiger charge is -2.40. The normalized spacial score (nSPS) is 21.3. The van der Waals surface area contributed by atoms with Crippen molar-refractivity contribution in [3.05, 3.63) is 17.8 Å². The molecule has 1 saturated heterocycles. The third-order valence-electron chi connectivity index (χ3n) is 4.91. The molecule has 0 bridgehead atoms. The van der Waals surface area contributed by atoms with Crippen LogP contribution in [0.3, 0.4) is 0 Å². The molecule has 2 aliphatic rings. The topological polar surface area (TPSA) is 79.5 Å². The Hall–Kier alpha value is -1.78. The monoisotopic (exact) mass is 275 g/mol. The average Bonchev–Trinajstić information content (AvgIpc) is 2.88. The Balaban J connectivity index is 1.79. The molecule has 1 aromatic rings. The predicted molar refractivity (Wildman–Crippen MR) is 78.0 cm³/mol. The number of carbonyl (C=O) groups is 1. The largest absolute Gasteiger partial charge is 0.478 e. The van der Waals surface area contributed by atoms with Crippen molar-refractivity contribution in [2.24, 2.45) is 5.41 Å². The van der Waals surface area contributed by atoms with E-state index < -0.39 is 5.97 Å². The third kappa shape index (κ3) is 2.32. The maximum absolute atomic E-state index is 11.3. The van der Waals surface area contributed by atoms with Crippen LogP contribution in [0.1, 0.15) is 48.9 Å². The summed E-state index contributed by atoms with van der Waals surface area (Å²) in [4.78, 5) is 17.7. The lowest BCUT2D eigenvalue weighted by atomic mass is 9.77. The first-order valence-electron chi connectivity index (χ1n) is 7.33. The van der Waals surface area contributed by atoms with Crippen LogP contribution in [0.5, 0.6) is 0 Å². The average molecular weight is 275 g/mol. The molecule has 20 heavy (non-hydrogen) atoms. The van der Waals surface area contributed by atoms with Gasteiger partial charge in [0.05, 0.1) is 11.9 Å². The van der Waals surface area contributed by atoms with Gasteiger partial charge in [-0.05, 0) is 37.2 Å². The Labute approximate surface area is 118 Å². The molecular formula is C15H21N3O2. The number of pyridine rings is 1. The Kier molecular flexibility index (Phi) is 3.28. The highest BCUT2D eigenvalue weighted by atomic mass is 16.4. The molecule has 1 aliphatic heterocycles. The number of piperidine rings is 1. The minimum Gasteiger partial charge on any atom is -0.478 e. The highest BCUT2D eigenvalue weighted by Crippen LogP contribution is 2.46. The maximum atomic E-state index is 11.3. The second-order valence-corrected chi connectivity index (χ2v) is 6.14. The predicted octanol–water partition coefficient (Wildman–Crippen LogP) is 2.52. The number of hydrogen-bond acceptors (Lipinski definition) is 4. The molecule has 5 nitrogen and oxygen atoms in total. The molecular weight excluding hydrogens is 254 g/mol. The van der Waals surface area contributed by atoms with Crippen molar-refractivity contribution in [2.45, 2.75) is 38.5 Å². The lowest BCUT2D eigenvalue weighted by Crippen LogP contribution is -2.40. The van der Waals surface area contributed by atoms with Gasteiger partial charge in [0.2, 0.25) is 0 Å². The summed E-state index contributed by atoms with van der Waals surface area (Å²) in [5.74, 6) is -0.388. The van der Waals surface area contributed by atoms with Gasteiger partial charge < -0.3 is 15.7 Å². The van der Waals surface area contributed by atoms with Crippen molar-refractivity contribution in [2.75, 3.05) is 23.7 Å². The summed E-state index contributed by atoms with van der Waals surface area (Å²) >= 11 is 0. The number of nitrogens with zero attached hydrogens (tertiary/aromatic N) is 2. The molecule has 0 atom stereocenters. The number of nitrogen functional groups attached to an aromatic ring is 1. The van der Waals surface area contributed by atoms with Crippen LogP contribution in [0.25, 0.3) is 0 Å². The quantitative estimate of drug-likeness (QED) is 0.867. The van der Waals surface area contributed by atoms with Gasteiger partial charge in [-0.15, -0.1) is 0 Å². The lowest BCUT2D eigenvalue weighted by molar-refractivity contribution is 0.0697. The summed E-state index contributed by atoms with van der Waals surface area (Å²) in [6, 6.07) is 1.50. The molecule has 0 unspecified atom stereocenters. The molecule has 3 N–H and O–H groups in total. The van der Waals surface area contributed by atoms with Gasteiger partial charge in [0.25, 0.3) is 0 Å². The number of aromatic nitrogens is 1. The van der Waals surface area contributed by atoms with Crippen LogP contribution in [0.15, 0.2) is 12.3 Å². The molecule has 0 amide bonds. The number of carboxylic acid groups (broad SMARTS) is 1. The highest BCUT2D eigenvalue weighted by Gasteiger charge is 2.37. The minimum atomic E-state index is -0.957. The van der Waals surface area contributed by atoms with Gasteiger partial charge in [-0.25, -0.2) is 9.78 Å². The van der Waals surface area contributed by atoms with Crippen molar-refractivity contribution in [1.29, 1.82) is 0 Å². The van der Waals surface area contributed by atoms with Gasteiger partial charge in [0.1, 0.15) is 11.4 Å². The molecule has 0 aromatic carbocycles. The summed E-state index contributed by atoms with van der Waals surface area (Å²) < 4.78 is 0. The van der Waals surface area contributed by atoms with Crippen LogP contribution in [0, 0.1) is 5.41 Å². The summed E-state index contributed by atoms with van der Waals surface area (Å²) in [6.45, 7) is 1.80. The molecule has 0 radical (unpaired) electrons. The van der Waals surface area contributed by atoms with E-state index in [2.05, 4.69) is 9.88 Å². The summed E-state index contributed by atoms with van der Waals surface area (Å²) in [6.07, 6.45) is 9.21. The molecule has 1 spiro atoms. The first-order chi connectivity index (χ1) is 9.60. The van der Waals surface area contributed by atoms with Crippen molar-refractivity contribution in [3.63, 3.8) is 0 Å². The molecule has 2 fully saturated rings. The Morgan fingerprint density at radius 1 is 1.25 bits per heavy atom. The van der Waals surface area contributed by atoms with E-state index in [-0.39, 0.29) is 5.56 Å². The molecule has 108 valence electrons. The first kappa shape index (κ1) is 13.2. The van der Waals surface area contributed by atoms with Crippen LogP contribution in [0.4, 0.5) is 11.5 Å². The second-order valence-electron chi connectivity index (χ2n) is 6.14. The van der Waals surface area contributed by atoms with E-state index in [0.717, 1.165) is 25.9 Å². The zero-order valence-electron chi connectivity index (χ0n) is 11.6. The highest BCUT2D eigenvalue weighted by molar-refractivity contribution is 5.94. The second kappa shape index (κ2) is 4.96. The van der Waals surface area contributed by atoms with E-state index in [4.69, 9.17) is 5.73 Å². The van der Waals surface area contributed by atoms with E-state index in [1.165, 1.54) is 31.7 Å². The van der Waals surface area contributed by atoms with Crippen LogP contribution in [-0.4, -0.2) is 29.1 Å². The first-order valence-corrected chi connectivity index (χ1v) is 7.33. The SMILES string of the molecule is Nc1cnc(N2CCC3(CCCC3)CC2)c(C(=O)O)c1. The van der Waals surface area contributed by atoms with Crippen LogP contribution >= 0.6 is 0 Å². The Morgan fingerprint density at radius 2 is 1.90 bits per heavy atom. The Morgan fingerprint density at radius 3 is 2.50 bits per heavy atom. The fourth-order valence-electron chi connectivity index (χ4n) is 3.70. The Bertz CT molecular complexity index is 514.